The third-order valence-electron chi connectivity index (χ3n) is 5.18. The number of rotatable bonds is 4. The van der Waals surface area contributed by atoms with Gasteiger partial charge in [0.05, 0.1) is 5.57 Å². The van der Waals surface area contributed by atoms with Crippen LogP contribution in [0.5, 0.6) is 0 Å². The first-order chi connectivity index (χ1) is 11.1. The molecule has 0 aromatic heterocycles. The molecule has 1 aromatic rings. The number of benzene rings is 1. The van der Waals surface area contributed by atoms with Gasteiger partial charge in [0, 0.05) is 18.7 Å². The molecule has 3 rings (SSSR count). The number of nitrogens with zero attached hydrogens (tertiary/aromatic N) is 1. The van der Waals surface area contributed by atoms with E-state index in [1.807, 2.05) is 6.07 Å². The molecule has 120 valence electrons. The number of fused-ring (bicyclic) bond motifs is 1. The van der Waals surface area contributed by atoms with Crippen molar-refractivity contribution in [3.05, 3.63) is 53.2 Å². The molecule has 0 saturated heterocycles. The maximum Gasteiger partial charge on any atom is 0.155 e. The second-order valence-corrected chi connectivity index (χ2v) is 6.45. The fourth-order valence-corrected chi connectivity index (χ4v) is 3.94. The highest BCUT2D eigenvalue weighted by Gasteiger charge is 2.39. The molecule has 4 N–H and O–H groups in total. The minimum Gasteiger partial charge on any atom is -0.401 e. The highest BCUT2D eigenvalue weighted by Crippen LogP contribution is 2.49. The van der Waals surface area contributed by atoms with Crippen LogP contribution < -0.4 is 11.5 Å². The van der Waals surface area contributed by atoms with E-state index in [2.05, 4.69) is 35.3 Å². The molecule has 3 unspecified atom stereocenters. The number of allylic oxidation sites excluding steroid dienone is 3. The van der Waals surface area contributed by atoms with Crippen LogP contribution >= 0.6 is 0 Å². The summed E-state index contributed by atoms with van der Waals surface area (Å²) in [5.74, 6) is 1.61. The van der Waals surface area contributed by atoms with Crippen LogP contribution in [0.15, 0.2) is 52.7 Å². The normalized spacial score (nSPS) is 28.1. The quantitative estimate of drug-likeness (QED) is 0.388. The summed E-state index contributed by atoms with van der Waals surface area (Å²) in [7, 11) is 1.57. The zero-order valence-electron chi connectivity index (χ0n) is 13.4. The van der Waals surface area contributed by atoms with Gasteiger partial charge in [-0.1, -0.05) is 36.4 Å². The lowest BCUT2D eigenvalue weighted by molar-refractivity contribution is -0.104. The lowest BCUT2D eigenvalue weighted by Gasteiger charge is -2.14. The zero-order valence-corrected chi connectivity index (χ0v) is 13.4. The molecular formula is C19H23N3O. The highest BCUT2D eigenvalue weighted by atomic mass is 16.1. The topological polar surface area (TPSA) is 81.5 Å². The van der Waals surface area contributed by atoms with Gasteiger partial charge in [-0.15, -0.1) is 0 Å². The third kappa shape index (κ3) is 2.93. The fraction of sp³-hybridized carbons (Fsp3) is 0.368. The van der Waals surface area contributed by atoms with Crippen LogP contribution in [-0.2, 0) is 4.79 Å². The van der Waals surface area contributed by atoms with Gasteiger partial charge in [0.1, 0.15) is 5.84 Å². The molecule has 0 bridgehead atoms. The van der Waals surface area contributed by atoms with Crippen molar-refractivity contribution < 1.29 is 4.79 Å². The number of carbonyl (C=O) groups is 1. The molecule has 0 radical (unpaired) electrons. The van der Waals surface area contributed by atoms with Crippen molar-refractivity contribution in [1.29, 1.82) is 0 Å². The number of aldehydes is 1. The van der Waals surface area contributed by atoms with Crippen LogP contribution in [0.2, 0.25) is 0 Å². The second-order valence-electron chi connectivity index (χ2n) is 6.45. The Bertz CT molecular complexity index is 688. The standard InChI is InChI=1S/C19H23N3O/c1-22-19(21)17(11-23)18(20)16-9-14-7-13(8-15(14)10-16)12-5-3-2-4-6-12/h2-7,11,14-16H,8-10,20H2,1H3,(H2,21,22)/b18-17-. The molecule has 23 heavy (non-hydrogen) atoms. The summed E-state index contributed by atoms with van der Waals surface area (Å²) < 4.78 is 0. The van der Waals surface area contributed by atoms with Gasteiger partial charge in [-0.25, -0.2) is 0 Å². The van der Waals surface area contributed by atoms with E-state index in [1.165, 1.54) is 11.1 Å². The number of nitrogens with two attached hydrogens (primary N) is 2. The van der Waals surface area contributed by atoms with Crippen molar-refractivity contribution in [3.8, 4) is 0 Å². The zero-order chi connectivity index (χ0) is 16.4. The Morgan fingerprint density at radius 3 is 2.57 bits per heavy atom. The van der Waals surface area contributed by atoms with Gasteiger partial charge in [-0.3, -0.25) is 9.79 Å². The largest absolute Gasteiger partial charge is 0.401 e. The fourth-order valence-electron chi connectivity index (χ4n) is 3.94. The number of hydrogen-bond donors (Lipinski definition) is 2. The molecule has 4 heteroatoms. The SMILES string of the molecule is CN=C(N)/C(C=O)=C(\N)C1CC2C=C(c3ccccc3)CC2C1. The Kier molecular flexibility index (Phi) is 4.33. The molecule has 2 aliphatic rings. The monoisotopic (exact) mass is 309 g/mol. The van der Waals surface area contributed by atoms with E-state index < -0.39 is 0 Å². The van der Waals surface area contributed by atoms with Gasteiger partial charge >= 0.3 is 0 Å². The molecule has 0 heterocycles. The first-order valence-corrected chi connectivity index (χ1v) is 8.07. The van der Waals surface area contributed by atoms with Crippen LogP contribution in [0.4, 0.5) is 0 Å². The summed E-state index contributed by atoms with van der Waals surface area (Å²) in [6.07, 6.45) is 6.22. The number of amidine groups is 1. The Balaban J connectivity index is 1.78. The molecule has 3 atom stereocenters. The number of hydrogen-bond acceptors (Lipinski definition) is 3. The summed E-state index contributed by atoms with van der Waals surface area (Å²) in [6, 6.07) is 10.5. The van der Waals surface area contributed by atoms with Gasteiger partial charge in [0.25, 0.3) is 0 Å². The minimum atomic E-state index is 0.221. The molecule has 4 nitrogen and oxygen atoms in total. The lowest BCUT2D eigenvalue weighted by atomic mass is 9.94. The molecule has 0 aliphatic heterocycles. The summed E-state index contributed by atoms with van der Waals surface area (Å²) in [4.78, 5) is 15.2. The molecule has 1 fully saturated rings. The van der Waals surface area contributed by atoms with E-state index >= 15 is 0 Å². The van der Waals surface area contributed by atoms with Crippen molar-refractivity contribution in [2.45, 2.75) is 19.3 Å². The van der Waals surface area contributed by atoms with E-state index in [1.54, 1.807) is 7.05 Å². The molecule has 0 spiro atoms. The van der Waals surface area contributed by atoms with Crippen molar-refractivity contribution >= 4 is 17.7 Å². The summed E-state index contributed by atoms with van der Waals surface area (Å²) in [5.41, 5.74) is 15.7. The third-order valence-corrected chi connectivity index (χ3v) is 5.18. The Morgan fingerprint density at radius 1 is 1.22 bits per heavy atom. The maximum absolute atomic E-state index is 11.3. The van der Waals surface area contributed by atoms with Crippen LogP contribution in [0, 0.1) is 17.8 Å². The molecule has 1 saturated carbocycles. The van der Waals surface area contributed by atoms with Crippen LogP contribution in [0.25, 0.3) is 5.57 Å². The van der Waals surface area contributed by atoms with E-state index in [-0.39, 0.29) is 11.8 Å². The Hall–Kier alpha value is -2.36. The average Bonchev–Trinajstić information content (AvgIpc) is 3.14. The average molecular weight is 309 g/mol. The Morgan fingerprint density at radius 2 is 1.96 bits per heavy atom. The van der Waals surface area contributed by atoms with E-state index in [0.29, 0.717) is 23.1 Å². The van der Waals surface area contributed by atoms with Crippen molar-refractivity contribution in [2.24, 2.45) is 34.2 Å². The summed E-state index contributed by atoms with van der Waals surface area (Å²) >= 11 is 0. The van der Waals surface area contributed by atoms with Gasteiger partial charge in [0.15, 0.2) is 6.29 Å². The molecular weight excluding hydrogens is 286 g/mol. The molecule has 0 amide bonds. The Labute approximate surface area is 137 Å². The molecule has 1 aromatic carbocycles. The van der Waals surface area contributed by atoms with Gasteiger partial charge in [-0.2, -0.15) is 0 Å². The summed E-state index contributed by atoms with van der Waals surface area (Å²) in [6.45, 7) is 0. The van der Waals surface area contributed by atoms with Crippen LogP contribution in [0.1, 0.15) is 24.8 Å². The van der Waals surface area contributed by atoms with Crippen molar-refractivity contribution in [3.63, 3.8) is 0 Å². The van der Waals surface area contributed by atoms with Crippen molar-refractivity contribution in [2.75, 3.05) is 7.05 Å². The smallest absolute Gasteiger partial charge is 0.155 e. The predicted molar refractivity (Wildman–Crippen MR) is 93.6 cm³/mol. The van der Waals surface area contributed by atoms with Crippen LogP contribution in [-0.4, -0.2) is 19.2 Å². The lowest BCUT2D eigenvalue weighted by Crippen LogP contribution is -2.23. The number of carbonyl (C=O) groups excluding carboxylic acids is 1. The van der Waals surface area contributed by atoms with Gasteiger partial charge in [0.2, 0.25) is 0 Å². The maximum atomic E-state index is 11.3. The number of aliphatic imine (C=N–C) groups is 1. The second kappa shape index (κ2) is 6.41. The van der Waals surface area contributed by atoms with Crippen LogP contribution in [0.3, 0.4) is 0 Å². The predicted octanol–water partition coefficient (Wildman–Crippen LogP) is 2.51. The highest BCUT2D eigenvalue weighted by molar-refractivity contribution is 6.13. The minimum absolute atomic E-state index is 0.221. The van der Waals surface area contributed by atoms with E-state index in [0.717, 1.165) is 25.5 Å². The summed E-state index contributed by atoms with van der Waals surface area (Å²) in [5, 5.41) is 0. The van der Waals surface area contributed by atoms with Gasteiger partial charge in [-0.05, 0) is 42.2 Å². The first kappa shape index (κ1) is 15.5. The van der Waals surface area contributed by atoms with E-state index in [4.69, 9.17) is 11.5 Å². The molecule has 2 aliphatic carbocycles. The van der Waals surface area contributed by atoms with E-state index in [9.17, 15) is 4.79 Å². The first-order valence-electron chi connectivity index (χ1n) is 8.07. The van der Waals surface area contributed by atoms with Crippen molar-refractivity contribution in [1.82, 2.24) is 0 Å². The van der Waals surface area contributed by atoms with Gasteiger partial charge < -0.3 is 11.5 Å².